The quantitative estimate of drug-likeness (QED) is 0.505. The van der Waals surface area contributed by atoms with Crippen LogP contribution < -0.4 is 4.74 Å². The summed E-state index contributed by atoms with van der Waals surface area (Å²) in [6.07, 6.45) is -0.114. The number of aliphatic carboxylic acids is 1. The maximum absolute atomic E-state index is 12.9. The third kappa shape index (κ3) is 4.40. The van der Waals surface area contributed by atoms with Crippen molar-refractivity contribution in [1.82, 2.24) is 9.99 Å². The summed E-state index contributed by atoms with van der Waals surface area (Å²) in [5, 5.41) is 16.4. The normalized spacial score (nSPS) is 15.7. The lowest BCUT2D eigenvalue weighted by Gasteiger charge is -2.23. The molecule has 1 amide bonds. The summed E-state index contributed by atoms with van der Waals surface area (Å²) in [7, 11) is 1.58. The highest BCUT2D eigenvalue weighted by molar-refractivity contribution is 6.34. The number of nitrogens with zero attached hydrogens (tertiary/aromatic N) is 3. The molecule has 2 heterocycles. The van der Waals surface area contributed by atoms with Crippen molar-refractivity contribution < 1.29 is 19.4 Å². The number of carboxylic acids is 1. The molecule has 0 saturated heterocycles. The molecule has 1 aliphatic heterocycles. The molecule has 1 aromatic heterocycles. The van der Waals surface area contributed by atoms with Gasteiger partial charge >= 0.3 is 5.97 Å². The van der Waals surface area contributed by atoms with E-state index < -0.39 is 17.9 Å². The van der Waals surface area contributed by atoms with Gasteiger partial charge in [-0.15, -0.1) is 0 Å². The molecule has 0 radical (unpaired) electrons. The molecule has 9 heteroatoms. The van der Waals surface area contributed by atoms with Crippen LogP contribution in [0.4, 0.5) is 0 Å². The van der Waals surface area contributed by atoms with Crippen molar-refractivity contribution in [1.29, 1.82) is 0 Å². The SMILES string of the molecule is COc1ccc2nc(Cl)c([C@H]3CC(c4ccccc4Cl)=NN3C(=O)CCC(=O)O)cc2c1. The third-order valence-corrected chi connectivity index (χ3v) is 5.90. The Morgan fingerprint density at radius 1 is 1.16 bits per heavy atom. The van der Waals surface area contributed by atoms with E-state index in [1.165, 1.54) is 5.01 Å². The number of hydrogen-bond donors (Lipinski definition) is 1. The average Bonchev–Trinajstić information content (AvgIpc) is 3.22. The zero-order chi connectivity index (χ0) is 22.8. The van der Waals surface area contributed by atoms with E-state index in [1.807, 2.05) is 30.3 Å². The number of carboxylic acid groups (broad SMARTS) is 1. The second-order valence-electron chi connectivity index (χ2n) is 7.31. The molecule has 1 atom stereocenters. The highest BCUT2D eigenvalue weighted by Gasteiger charge is 2.35. The number of aromatic nitrogens is 1. The fraction of sp³-hybridized carbons (Fsp3) is 0.217. The molecule has 164 valence electrons. The number of carbonyl (C=O) groups excluding carboxylic acids is 1. The minimum Gasteiger partial charge on any atom is -0.497 e. The topological polar surface area (TPSA) is 92.1 Å². The van der Waals surface area contributed by atoms with E-state index in [-0.39, 0.29) is 18.0 Å². The first-order valence-electron chi connectivity index (χ1n) is 9.88. The number of halogens is 2. The van der Waals surface area contributed by atoms with Crippen LogP contribution >= 0.6 is 23.2 Å². The van der Waals surface area contributed by atoms with Gasteiger partial charge < -0.3 is 9.84 Å². The predicted molar refractivity (Wildman–Crippen MR) is 122 cm³/mol. The maximum atomic E-state index is 12.9. The van der Waals surface area contributed by atoms with Crippen LogP contribution in [-0.2, 0) is 9.59 Å². The fourth-order valence-corrected chi connectivity index (χ4v) is 4.19. The summed E-state index contributed by atoms with van der Waals surface area (Å²) >= 11 is 12.9. The Morgan fingerprint density at radius 3 is 2.66 bits per heavy atom. The molecule has 2 aromatic carbocycles. The van der Waals surface area contributed by atoms with Gasteiger partial charge in [0.1, 0.15) is 10.9 Å². The second kappa shape index (κ2) is 9.14. The molecule has 0 fully saturated rings. The van der Waals surface area contributed by atoms with Gasteiger partial charge in [0.15, 0.2) is 0 Å². The van der Waals surface area contributed by atoms with E-state index in [0.29, 0.717) is 39.5 Å². The number of hydrazone groups is 1. The molecular weight excluding hydrogens is 453 g/mol. The van der Waals surface area contributed by atoms with Crippen molar-refractivity contribution >= 4 is 51.7 Å². The highest BCUT2D eigenvalue weighted by atomic mass is 35.5. The van der Waals surface area contributed by atoms with Crippen LogP contribution in [0.25, 0.3) is 10.9 Å². The Balaban J connectivity index is 1.77. The van der Waals surface area contributed by atoms with Crippen LogP contribution in [0.5, 0.6) is 5.75 Å². The van der Waals surface area contributed by atoms with Crippen LogP contribution in [0.15, 0.2) is 53.6 Å². The Bertz CT molecular complexity index is 1250. The predicted octanol–water partition coefficient (Wildman–Crippen LogP) is 5.09. The molecule has 0 saturated carbocycles. The Hall–Kier alpha value is -3.16. The zero-order valence-corrected chi connectivity index (χ0v) is 18.6. The molecule has 0 bridgehead atoms. The standard InChI is InChI=1S/C23H19Cl2N3O4/c1-32-14-6-7-18-13(10-14)11-16(23(25)26-18)20-12-19(15-4-2-3-5-17(15)24)27-28(20)21(29)8-9-22(30)31/h2-7,10-11,20H,8-9,12H2,1H3,(H,30,31)/t20-/m1/s1. The lowest BCUT2D eigenvalue weighted by atomic mass is 9.98. The van der Waals surface area contributed by atoms with Crippen LogP contribution in [0.2, 0.25) is 10.2 Å². The van der Waals surface area contributed by atoms with Gasteiger partial charge in [0.25, 0.3) is 0 Å². The first kappa shape index (κ1) is 22.0. The van der Waals surface area contributed by atoms with E-state index in [0.717, 1.165) is 5.39 Å². The molecule has 0 unspecified atom stereocenters. The van der Waals surface area contributed by atoms with Gasteiger partial charge in [-0.1, -0.05) is 41.4 Å². The molecular formula is C23H19Cl2N3O4. The molecule has 3 aromatic rings. The molecule has 0 spiro atoms. The Morgan fingerprint density at radius 2 is 1.94 bits per heavy atom. The van der Waals surface area contributed by atoms with Crippen molar-refractivity contribution in [2.45, 2.75) is 25.3 Å². The molecule has 1 N–H and O–H groups in total. The molecule has 4 rings (SSSR count). The van der Waals surface area contributed by atoms with Gasteiger partial charge in [0, 0.05) is 34.4 Å². The number of methoxy groups -OCH3 is 1. The first-order chi connectivity index (χ1) is 15.4. The number of pyridine rings is 1. The monoisotopic (exact) mass is 471 g/mol. The number of fused-ring (bicyclic) bond motifs is 1. The number of hydrogen-bond acceptors (Lipinski definition) is 5. The molecule has 0 aliphatic carbocycles. The molecule has 7 nitrogen and oxygen atoms in total. The van der Waals surface area contributed by atoms with Gasteiger partial charge in [0.2, 0.25) is 5.91 Å². The van der Waals surface area contributed by atoms with Gasteiger partial charge in [-0.2, -0.15) is 5.10 Å². The lowest BCUT2D eigenvalue weighted by molar-refractivity contribution is -0.141. The van der Waals surface area contributed by atoms with Gasteiger partial charge in [0.05, 0.1) is 30.8 Å². The number of carbonyl (C=O) groups is 2. The summed E-state index contributed by atoms with van der Waals surface area (Å²) in [6, 6.07) is 14.0. The average molecular weight is 472 g/mol. The number of ether oxygens (including phenoxy) is 1. The Kier molecular flexibility index (Phi) is 6.30. The van der Waals surface area contributed by atoms with Crippen molar-refractivity contribution in [3.63, 3.8) is 0 Å². The zero-order valence-electron chi connectivity index (χ0n) is 17.1. The maximum Gasteiger partial charge on any atom is 0.303 e. The minimum atomic E-state index is -1.05. The smallest absolute Gasteiger partial charge is 0.303 e. The van der Waals surface area contributed by atoms with Crippen molar-refractivity contribution in [3.8, 4) is 5.75 Å². The summed E-state index contributed by atoms with van der Waals surface area (Å²) in [6.45, 7) is 0. The first-order valence-corrected chi connectivity index (χ1v) is 10.6. The van der Waals surface area contributed by atoms with Crippen molar-refractivity contribution in [2.24, 2.45) is 5.10 Å². The molecule has 32 heavy (non-hydrogen) atoms. The van der Waals surface area contributed by atoms with Gasteiger partial charge in [-0.25, -0.2) is 9.99 Å². The van der Waals surface area contributed by atoms with E-state index >= 15 is 0 Å². The highest BCUT2D eigenvalue weighted by Crippen LogP contribution is 2.39. The summed E-state index contributed by atoms with van der Waals surface area (Å²) < 4.78 is 5.30. The summed E-state index contributed by atoms with van der Waals surface area (Å²) in [4.78, 5) is 28.4. The number of rotatable bonds is 6. The third-order valence-electron chi connectivity index (χ3n) is 5.26. The summed E-state index contributed by atoms with van der Waals surface area (Å²) in [5.74, 6) is -0.801. The lowest BCUT2D eigenvalue weighted by Crippen LogP contribution is -2.27. The van der Waals surface area contributed by atoms with Crippen LogP contribution in [0.3, 0.4) is 0 Å². The molecule has 1 aliphatic rings. The van der Waals surface area contributed by atoms with E-state index in [1.54, 1.807) is 25.3 Å². The van der Waals surface area contributed by atoms with Crippen molar-refractivity contribution in [2.75, 3.05) is 7.11 Å². The van der Waals surface area contributed by atoms with Crippen LogP contribution in [0.1, 0.15) is 36.4 Å². The van der Waals surface area contributed by atoms with Crippen LogP contribution in [-0.4, -0.2) is 39.8 Å². The van der Waals surface area contributed by atoms with Crippen LogP contribution in [0, 0.1) is 0 Å². The van der Waals surface area contributed by atoms with Gasteiger partial charge in [-0.3, -0.25) is 9.59 Å². The largest absolute Gasteiger partial charge is 0.497 e. The minimum absolute atomic E-state index is 0.183. The van der Waals surface area contributed by atoms with E-state index in [9.17, 15) is 9.59 Å². The van der Waals surface area contributed by atoms with Crippen molar-refractivity contribution in [3.05, 3.63) is 69.8 Å². The Labute approximate surface area is 194 Å². The van der Waals surface area contributed by atoms with E-state index in [4.69, 9.17) is 33.0 Å². The second-order valence-corrected chi connectivity index (χ2v) is 8.07. The number of amides is 1. The van der Waals surface area contributed by atoms with E-state index in [2.05, 4.69) is 10.1 Å². The van der Waals surface area contributed by atoms with Gasteiger partial charge in [-0.05, 0) is 30.3 Å². The number of benzene rings is 2. The summed E-state index contributed by atoms with van der Waals surface area (Å²) in [5.41, 5.74) is 2.63. The fourth-order valence-electron chi connectivity index (χ4n) is 3.68.